The van der Waals surface area contributed by atoms with E-state index in [2.05, 4.69) is 4.98 Å². The molecule has 5 nitrogen and oxygen atoms in total. The molecule has 1 aromatic heterocycles. The lowest BCUT2D eigenvalue weighted by Gasteiger charge is -2.18. The molecule has 0 spiro atoms. The number of hydrogen-bond donors (Lipinski definition) is 2. The minimum absolute atomic E-state index is 0.0758. The number of thiazole rings is 1. The van der Waals surface area contributed by atoms with Gasteiger partial charge >= 0.3 is 5.97 Å². The van der Waals surface area contributed by atoms with Crippen LogP contribution in [-0.2, 0) is 0 Å². The number of aryl methyl sites for hydroxylation is 1. The van der Waals surface area contributed by atoms with Crippen molar-refractivity contribution < 1.29 is 19.7 Å². The number of carboxylic acid groups (broad SMARTS) is 1. The molecule has 0 saturated carbocycles. The van der Waals surface area contributed by atoms with Gasteiger partial charge in [-0.1, -0.05) is 0 Å². The van der Waals surface area contributed by atoms with Crippen molar-refractivity contribution in [1.82, 2.24) is 4.98 Å². The first kappa shape index (κ1) is 15.5. The summed E-state index contributed by atoms with van der Waals surface area (Å²) in [7, 11) is 0. The number of aromatic carboxylic acids is 1. The van der Waals surface area contributed by atoms with E-state index in [9.17, 15) is 15.0 Å². The number of benzene rings is 1. The van der Waals surface area contributed by atoms with Crippen molar-refractivity contribution in [3.05, 3.63) is 34.8 Å². The molecule has 0 aliphatic carbocycles. The highest BCUT2D eigenvalue weighted by atomic mass is 32.1. The summed E-state index contributed by atoms with van der Waals surface area (Å²) in [6, 6.07) is 4.74. The molecule has 0 atom stereocenters. The fraction of sp³-hybridized carbons (Fsp3) is 0.333. The molecular weight excluding hydrogens is 290 g/mol. The Hall–Kier alpha value is -1.92. The van der Waals surface area contributed by atoms with Crippen molar-refractivity contribution in [2.75, 3.05) is 6.61 Å². The maximum Gasteiger partial charge on any atom is 0.335 e. The third-order valence-corrected chi connectivity index (χ3v) is 3.58. The van der Waals surface area contributed by atoms with Gasteiger partial charge in [-0.25, -0.2) is 9.78 Å². The Kier molecular flexibility index (Phi) is 4.29. The number of ether oxygens (including phenoxy) is 1. The summed E-state index contributed by atoms with van der Waals surface area (Å²) in [4.78, 5) is 16.5. The monoisotopic (exact) mass is 307 g/mol. The normalized spacial score (nSPS) is 11.4. The van der Waals surface area contributed by atoms with E-state index >= 15 is 0 Å². The summed E-state index contributed by atoms with van der Waals surface area (Å²) in [5, 5.41) is 19.6. The van der Waals surface area contributed by atoms with Crippen molar-refractivity contribution in [1.29, 1.82) is 0 Å². The third kappa shape index (κ3) is 4.27. The summed E-state index contributed by atoms with van der Waals surface area (Å²) >= 11 is 1.48. The lowest BCUT2D eigenvalue weighted by Crippen LogP contribution is -2.27. The van der Waals surface area contributed by atoms with Crippen molar-refractivity contribution in [3.8, 4) is 16.3 Å². The van der Waals surface area contributed by atoms with Gasteiger partial charge in [-0.2, -0.15) is 0 Å². The van der Waals surface area contributed by atoms with Crippen LogP contribution < -0.4 is 4.74 Å². The van der Waals surface area contributed by atoms with Crippen LogP contribution in [0.5, 0.6) is 5.75 Å². The van der Waals surface area contributed by atoms with E-state index in [4.69, 9.17) is 4.74 Å². The number of nitrogens with zero attached hydrogens (tertiary/aromatic N) is 1. The second-order valence-electron chi connectivity index (χ2n) is 5.43. The number of carboxylic acids is 1. The summed E-state index contributed by atoms with van der Waals surface area (Å²) < 4.78 is 5.49. The van der Waals surface area contributed by atoms with Gasteiger partial charge in [0.2, 0.25) is 0 Å². The van der Waals surface area contributed by atoms with Crippen LogP contribution in [0.4, 0.5) is 0 Å². The summed E-state index contributed by atoms with van der Waals surface area (Å²) in [5.41, 5.74) is -0.165. The summed E-state index contributed by atoms with van der Waals surface area (Å²) in [6.07, 6.45) is 1.74. The molecule has 0 fully saturated rings. The van der Waals surface area contributed by atoms with Crippen LogP contribution in [0.1, 0.15) is 29.1 Å². The molecule has 2 rings (SSSR count). The van der Waals surface area contributed by atoms with Crippen LogP contribution in [0.3, 0.4) is 0 Å². The number of hydrogen-bond acceptors (Lipinski definition) is 5. The van der Waals surface area contributed by atoms with Crippen LogP contribution in [0.2, 0.25) is 0 Å². The van der Waals surface area contributed by atoms with E-state index in [-0.39, 0.29) is 12.2 Å². The molecule has 2 aromatic rings. The Morgan fingerprint density at radius 3 is 2.62 bits per heavy atom. The van der Waals surface area contributed by atoms with Crippen molar-refractivity contribution in [2.24, 2.45) is 0 Å². The Labute approximate surface area is 126 Å². The Balaban J connectivity index is 2.37. The zero-order valence-electron chi connectivity index (χ0n) is 12.1. The van der Waals surface area contributed by atoms with Gasteiger partial charge in [-0.15, -0.1) is 11.3 Å². The highest BCUT2D eigenvalue weighted by molar-refractivity contribution is 7.14. The fourth-order valence-electron chi connectivity index (χ4n) is 1.68. The smallest absolute Gasteiger partial charge is 0.335 e. The molecule has 6 heteroatoms. The van der Waals surface area contributed by atoms with Gasteiger partial charge in [-0.05, 0) is 39.0 Å². The molecule has 0 amide bonds. The van der Waals surface area contributed by atoms with E-state index in [1.165, 1.54) is 17.4 Å². The van der Waals surface area contributed by atoms with Gasteiger partial charge in [0, 0.05) is 16.6 Å². The highest BCUT2D eigenvalue weighted by Crippen LogP contribution is 2.29. The van der Waals surface area contributed by atoms with Gasteiger partial charge in [0.1, 0.15) is 17.4 Å². The van der Waals surface area contributed by atoms with Crippen LogP contribution >= 0.6 is 11.3 Å². The van der Waals surface area contributed by atoms with Crippen molar-refractivity contribution >= 4 is 17.3 Å². The van der Waals surface area contributed by atoms with E-state index in [1.807, 2.05) is 6.92 Å². The summed E-state index contributed by atoms with van der Waals surface area (Å²) in [5.74, 6) is -0.627. The Morgan fingerprint density at radius 1 is 1.38 bits per heavy atom. The van der Waals surface area contributed by atoms with Crippen LogP contribution in [0, 0.1) is 6.92 Å². The molecule has 0 aliphatic heterocycles. The summed E-state index contributed by atoms with van der Waals surface area (Å²) in [6.45, 7) is 5.26. The largest absolute Gasteiger partial charge is 0.491 e. The molecule has 0 saturated heterocycles. The first-order valence-electron chi connectivity index (χ1n) is 6.41. The maximum absolute atomic E-state index is 11.2. The number of aliphatic hydroxyl groups is 1. The first-order chi connectivity index (χ1) is 9.74. The van der Waals surface area contributed by atoms with Gasteiger partial charge in [0.05, 0.1) is 11.2 Å². The quantitative estimate of drug-likeness (QED) is 0.887. The van der Waals surface area contributed by atoms with Gasteiger partial charge in [0.25, 0.3) is 0 Å². The molecule has 0 aliphatic rings. The predicted octanol–water partition coefficient (Wildman–Crippen LogP) is 2.97. The van der Waals surface area contributed by atoms with Gasteiger partial charge in [-0.3, -0.25) is 0 Å². The van der Waals surface area contributed by atoms with Gasteiger partial charge < -0.3 is 14.9 Å². The van der Waals surface area contributed by atoms with E-state index < -0.39 is 11.6 Å². The molecule has 1 heterocycles. The zero-order chi connectivity index (χ0) is 15.6. The Morgan fingerprint density at radius 2 is 2.10 bits per heavy atom. The second kappa shape index (κ2) is 5.83. The molecule has 1 aromatic carbocycles. The van der Waals surface area contributed by atoms with Crippen molar-refractivity contribution in [3.63, 3.8) is 0 Å². The average Bonchev–Trinajstić information content (AvgIpc) is 2.82. The molecule has 0 radical (unpaired) electrons. The van der Waals surface area contributed by atoms with E-state index in [0.717, 1.165) is 9.88 Å². The SMILES string of the molecule is Cc1cnc(-c2cc(OCC(C)(C)O)cc(C(=O)O)c2)s1. The number of carbonyl (C=O) groups is 1. The lowest BCUT2D eigenvalue weighted by atomic mass is 10.1. The predicted molar refractivity (Wildman–Crippen MR) is 81.0 cm³/mol. The van der Waals surface area contributed by atoms with E-state index in [1.54, 1.807) is 32.2 Å². The molecule has 0 unspecified atom stereocenters. The van der Waals surface area contributed by atoms with E-state index in [0.29, 0.717) is 11.3 Å². The standard InChI is InChI=1S/C15H17NO4S/c1-9-7-16-13(21-9)10-4-11(14(17)18)6-12(5-10)20-8-15(2,3)19/h4-7,19H,8H2,1-3H3,(H,17,18). The van der Waals surface area contributed by atoms with Crippen molar-refractivity contribution in [2.45, 2.75) is 26.4 Å². The third-order valence-electron chi connectivity index (χ3n) is 2.61. The minimum Gasteiger partial charge on any atom is -0.491 e. The first-order valence-corrected chi connectivity index (χ1v) is 7.22. The average molecular weight is 307 g/mol. The highest BCUT2D eigenvalue weighted by Gasteiger charge is 2.16. The zero-order valence-corrected chi connectivity index (χ0v) is 12.9. The number of rotatable bonds is 5. The lowest BCUT2D eigenvalue weighted by molar-refractivity contribution is 0.0285. The molecule has 0 bridgehead atoms. The maximum atomic E-state index is 11.2. The second-order valence-corrected chi connectivity index (χ2v) is 6.66. The molecule has 112 valence electrons. The van der Waals surface area contributed by atoms with Crippen LogP contribution in [0.15, 0.2) is 24.4 Å². The Bertz CT molecular complexity index is 658. The minimum atomic E-state index is -1.03. The molecule has 21 heavy (non-hydrogen) atoms. The molecular formula is C15H17NO4S. The van der Waals surface area contributed by atoms with Crippen LogP contribution in [0.25, 0.3) is 10.6 Å². The number of aromatic nitrogens is 1. The topological polar surface area (TPSA) is 79.7 Å². The fourth-order valence-corrected chi connectivity index (χ4v) is 2.43. The van der Waals surface area contributed by atoms with Gasteiger partial charge in [0.15, 0.2) is 0 Å². The van der Waals surface area contributed by atoms with Crippen LogP contribution in [-0.4, -0.2) is 33.4 Å². The molecule has 2 N–H and O–H groups in total.